The zero-order valence-electron chi connectivity index (χ0n) is 12.8. The SMILES string of the molecule is CC(=O)Cc1nc(C)c(-c2csc(Cc3ccccc3Cl)n2)s1. The number of Topliss-reactive ketones (excluding diaryl/α,β-unsaturated/α-hetero) is 1. The molecule has 3 nitrogen and oxygen atoms in total. The molecule has 0 N–H and O–H groups in total. The van der Waals surface area contributed by atoms with Crippen LogP contribution in [0.25, 0.3) is 10.6 Å². The van der Waals surface area contributed by atoms with Crippen LogP contribution in [0.2, 0.25) is 5.02 Å². The lowest BCUT2D eigenvalue weighted by atomic mass is 10.1. The standard InChI is InChI=1S/C17H15ClN2OS2/c1-10(21)7-16-19-11(2)17(23-16)14-9-22-15(20-14)8-12-5-3-4-6-13(12)18/h3-6,9H,7-8H2,1-2H3. The third-order valence-electron chi connectivity index (χ3n) is 3.32. The Morgan fingerprint density at radius 3 is 2.74 bits per heavy atom. The Balaban J connectivity index is 1.83. The summed E-state index contributed by atoms with van der Waals surface area (Å²) in [6.07, 6.45) is 1.12. The number of aryl methyl sites for hydroxylation is 1. The molecule has 6 heteroatoms. The van der Waals surface area contributed by atoms with Crippen LogP contribution in [-0.2, 0) is 17.6 Å². The highest BCUT2D eigenvalue weighted by atomic mass is 35.5. The number of benzene rings is 1. The number of aromatic nitrogens is 2. The van der Waals surface area contributed by atoms with E-state index in [1.54, 1.807) is 29.6 Å². The van der Waals surface area contributed by atoms with Gasteiger partial charge in [0.05, 0.1) is 27.7 Å². The average molecular weight is 363 g/mol. The molecule has 0 aliphatic heterocycles. The molecule has 3 aromatic rings. The summed E-state index contributed by atoms with van der Waals surface area (Å²) in [5.41, 5.74) is 2.94. The predicted molar refractivity (Wildman–Crippen MR) is 96.6 cm³/mol. The van der Waals surface area contributed by atoms with Gasteiger partial charge in [0.15, 0.2) is 0 Å². The molecule has 0 aliphatic carbocycles. The van der Waals surface area contributed by atoms with Crippen molar-refractivity contribution >= 4 is 40.1 Å². The Hall–Kier alpha value is -1.56. The van der Waals surface area contributed by atoms with Crippen molar-refractivity contribution in [3.8, 4) is 10.6 Å². The molecule has 23 heavy (non-hydrogen) atoms. The van der Waals surface area contributed by atoms with Gasteiger partial charge in [-0.1, -0.05) is 29.8 Å². The molecule has 0 bridgehead atoms. The smallest absolute Gasteiger partial charge is 0.136 e. The van der Waals surface area contributed by atoms with Gasteiger partial charge in [0, 0.05) is 16.8 Å². The van der Waals surface area contributed by atoms with Gasteiger partial charge in [0.1, 0.15) is 10.8 Å². The maximum Gasteiger partial charge on any atom is 0.136 e. The summed E-state index contributed by atoms with van der Waals surface area (Å²) >= 11 is 9.38. The number of carbonyl (C=O) groups excluding carboxylic acids is 1. The maximum atomic E-state index is 11.3. The highest BCUT2D eigenvalue weighted by Gasteiger charge is 2.14. The van der Waals surface area contributed by atoms with E-state index < -0.39 is 0 Å². The zero-order chi connectivity index (χ0) is 16.4. The molecular formula is C17H15ClN2OS2. The van der Waals surface area contributed by atoms with Gasteiger partial charge in [-0.25, -0.2) is 9.97 Å². The molecule has 0 amide bonds. The summed E-state index contributed by atoms with van der Waals surface area (Å²) in [6.45, 7) is 3.55. The number of hydrogen-bond acceptors (Lipinski definition) is 5. The van der Waals surface area contributed by atoms with E-state index in [-0.39, 0.29) is 5.78 Å². The monoisotopic (exact) mass is 362 g/mol. The van der Waals surface area contributed by atoms with Crippen molar-refractivity contribution in [2.75, 3.05) is 0 Å². The number of nitrogens with zero attached hydrogens (tertiary/aromatic N) is 2. The van der Waals surface area contributed by atoms with Crippen LogP contribution < -0.4 is 0 Å². The fraction of sp³-hybridized carbons (Fsp3) is 0.235. The average Bonchev–Trinajstić information content (AvgIpc) is 3.07. The summed E-state index contributed by atoms with van der Waals surface area (Å²) in [4.78, 5) is 21.5. The molecule has 0 saturated heterocycles. The Morgan fingerprint density at radius 1 is 1.22 bits per heavy atom. The van der Waals surface area contributed by atoms with Crippen LogP contribution in [0.1, 0.15) is 28.2 Å². The second-order valence-electron chi connectivity index (χ2n) is 5.30. The Kier molecular flexibility index (Phi) is 4.90. The molecule has 2 heterocycles. The minimum absolute atomic E-state index is 0.128. The van der Waals surface area contributed by atoms with Gasteiger partial charge in [-0.3, -0.25) is 4.79 Å². The number of rotatable bonds is 5. The lowest BCUT2D eigenvalue weighted by molar-refractivity contribution is -0.116. The van der Waals surface area contributed by atoms with E-state index in [0.29, 0.717) is 6.42 Å². The normalized spacial score (nSPS) is 10.9. The largest absolute Gasteiger partial charge is 0.300 e. The van der Waals surface area contributed by atoms with E-state index in [0.717, 1.165) is 43.3 Å². The molecule has 1 aromatic carbocycles. The predicted octanol–water partition coefficient (Wildman–Crippen LogP) is 4.95. The molecular weight excluding hydrogens is 348 g/mol. The van der Waals surface area contributed by atoms with Crippen molar-refractivity contribution in [1.29, 1.82) is 0 Å². The Labute approximate surface area is 148 Å². The zero-order valence-corrected chi connectivity index (χ0v) is 15.2. The molecule has 0 atom stereocenters. The highest BCUT2D eigenvalue weighted by Crippen LogP contribution is 2.32. The van der Waals surface area contributed by atoms with Crippen LogP contribution in [-0.4, -0.2) is 15.8 Å². The molecule has 0 spiro atoms. The Bertz CT molecular complexity index is 854. The number of hydrogen-bond donors (Lipinski definition) is 0. The fourth-order valence-electron chi connectivity index (χ4n) is 2.28. The minimum atomic E-state index is 0.128. The van der Waals surface area contributed by atoms with Crippen LogP contribution in [0, 0.1) is 6.92 Å². The summed E-state index contributed by atoms with van der Waals surface area (Å²) in [5.74, 6) is 0.128. The van der Waals surface area contributed by atoms with Gasteiger partial charge in [-0.15, -0.1) is 22.7 Å². The lowest BCUT2D eigenvalue weighted by Crippen LogP contribution is -1.94. The van der Waals surface area contributed by atoms with Gasteiger partial charge >= 0.3 is 0 Å². The number of ketones is 1. The van der Waals surface area contributed by atoms with E-state index in [2.05, 4.69) is 4.98 Å². The number of thiazole rings is 2. The van der Waals surface area contributed by atoms with E-state index in [1.165, 1.54) is 0 Å². The van der Waals surface area contributed by atoms with E-state index >= 15 is 0 Å². The van der Waals surface area contributed by atoms with Gasteiger partial charge < -0.3 is 0 Å². The van der Waals surface area contributed by atoms with Crippen molar-refractivity contribution in [2.24, 2.45) is 0 Å². The third-order valence-corrected chi connectivity index (χ3v) is 5.72. The topological polar surface area (TPSA) is 42.9 Å². The summed E-state index contributed by atoms with van der Waals surface area (Å²) in [6, 6.07) is 7.83. The van der Waals surface area contributed by atoms with Crippen LogP contribution in [0.4, 0.5) is 0 Å². The highest BCUT2D eigenvalue weighted by molar-refractivity contribution is 7.16. The van der Waals surface area contributed by atoms with Gasteiger partial charge in [-0.2, -0.15) is 0 Å². The summed E-state index contributed by atoms with van der Waals surface area (Å²) in [7, 11) is 0. The quantitative estimate of drug-likeness (QED) is 0.644. The first kappa shape index (κ1) is 16.3. The summed E-state index contributed by atoms with van der Waals surface area (Å²) < 4.78 is 0. The van der Waals surface area contributed by atoms with Crippen LogP contribution in [0.15, 0.2) is 29.6 Å². The Morgan fingerprint density at radius 2 is 2.00 bits per heavy atom. The third kappa shape index (κ3) is 3.86. The van der Waals surface area contributed by atoms with Crippen LogP contribution in [0.5, 0.6) is 0 Å². The fourth-order valence-corrected chi connectivity index (χ4v) is 4.46. The van der Waals surface area contributed by atoms with Gasteiger partial charge in [-0.05, 0) is 25.5 Å². The molecule has 3 rings (SSSR count). The van der Waals surface area contributed by atoms with Crippen molar-refractivity contribution in [3.63, 3.8) is 0 Å². The van der Waals surface area contributed by atoms with E-state index in [9.17, 15) is 4.79 Å². The molecule has 118 valence electrons. The second-order valence-corrected chi connectivity index (χ2v) is 7.73. The molecule has 0 saturated carbocycles. The van der Waals surface area contributed by atoms with Gasteiger partial charge in [0.25, 0.3) is 0 Å². The molecule has 2 aromatic heterocycles. The van der Waals surface area contributed by atoms with Crippen molar-refractivity contribution in [3.05, 3.63) is 55.9 Å². The van der Waals surface area contributed by atoms with Crippen LogP contribution in [0.3, 0.4) is 0 Å². The van der Waals surface area contributed by atoms with Crippen LogP contribution >= 0.6 is 34.3 Å². The van der Waals surface area contributed by atoms with E-state index in [1.807, 2.05) is 36.6 Å². The molecule has 0 aliphatic rings. The first-order chi connectivity index (χ1) is 11.0. The second kappa shape index (κ2) is 6.91. The van der Waals surface area contributed by atoms with Crippen molar-refractivity contribution in [2.45, 2.75) is 26.7 Å². The molecule has 0 fully saturated rings. The van der Waals surface area contributed by atoms with Crippen molar-refractivity contribution in [1.82, 2.24) is 9.97 Å². The van der Waals surface area contributed by atoms with E-state index in [4.69, 9.17) is 16.6 Å². The first-order valence-corrected chi connectivity index (χ1v) is 9.24. The molecule has 0 radical (unpaired) electrons. The molecule has 0 unspecified atom stereocenters. The summed E-state index contributed by atoms with van der Waals surface area (Å²) in [5, 5.41) is 4.69. The first-order valence-electron chi connectivity index (χ1n) is 7.17. The lowest BCUT2D eigenvalue weighted by Gasteiger charge is -2.00. The minimum Gasteiger partial charge on any atom is -0.300 e. The van der Waals surface area contributed by atoms with Gasteiger partial charge in [0.2, 0.25) is 0 Å². The number of carbonyl (C=O) groups is 1. The number of halogens is 1. The maximum absolute atomic E-state index is 11.3. The van der Waals surface area contributed by atoms with Crippen molar-refractivity contribution < 1.29 is 4.79 Å².